The molecule has 1 heterocycles. The molecule has 6 nitrogen and oxygen atoms in total. The summed E-state index contributed by atoms with van der Waals surface area (Å²) < 4.78 is 8.76. The van der Waals surface area contributed by atoms with Crippen molar-refractivity contribution in [3.05, 3.63) is 0 Å². The largest absolute Gasteiger partial charge is 0.398 e. The summed E-state index contributed by atoms with van der Waals surface area (Å²) >= 11 is 0. The molecule has 2 atom stereocenters. The lowest BCUT2D eigenvalue weighted by Gasteiger charge is -2.22. The molecule has 0 aromatic rings. The highest BCUT2D eigenvalue weighted by molar-refractivity contribution is 5.83. The zero-order chi connectivity index (χ0) is 10.1. The fourth-order valence-electron chi connectivity index (χ4n) is 0.851. The fourth-order valence-corrected chi connectivity index (χ4v) is 0.851. The first kappa shape index (κ1) is 9.94. The third-order valence-corrected chi connectivity index (χ3v) is 1.61. The number of carbonyl (C=O) groups is 2. The molecule has 2 N–H and O–H groups in total. The Labute approximate surface area is 74.1 Å². The molecule has 0 aliphatic carbocycles. The Morgan fingerprint density at radius 1 is 1.54 bits per heavy atom. The van der Waals surface area contributed by atoms with Crippen molar-refractivity contribution in [2.24, 2.45) is 0 Å². The van der Waals surface area contributed by atoms with Gasteiger partial charge in [-0.1, -0.05) is 6.92 Å². The Balaban J connectivity index is 2.82. The van der Waals surface area contributed by atoms with Crippen LogP contribution in [0.25, 0.3) is 0 Å². The highest BCUT2D eigenvalue weighted by Gasteiger charge is 2.41. The smallest absolute Gasteiger partial charge is 0.373 e. The van der Waals surface area contributed by atoms with Crippen molar-refractivity contribution < 1.29 is 29.3 Å². The Bertz CT molecular complexity index is 237. The van der Waals surface area contributed by atoms with Crippen LogP contribution in [-0.4, -0.2) is 34.2 Å². The van der Waals surface area contributed by atoms with Crippen molar-refractivity contribution in [1.29, 1.82) is 0 Å². The van der Waals surface area contributed by atoms with Gasteiger partial charge in [-0.05, 0) is 0 Å². The first-order chi connectivity index (χ1) is 5.97. The highest BCUT2D eigenvalue weighted by atomic mass is 16.8. The highest BCUT2D eigenvalue weighted by Crippen LogP contribution is 2.20. The van der Waals surface area contributed by atoms with E-state index in [0.717, 1.165) is 0 Å². The maximum atomic E-state index is 10.9. The van der Waals surface area contributed by atoms with Crippen molar-refractivity contribution in [2.45, 2.75) is 31.8 Å². The third-order valence-electron chi connectivity index (χ3n) is 1.61. The van der Waals surface area contributed by atoms with E-state index >= 15 is 0 Å². The first-order valence-electron chi connectivity index (χ1n) is 3.82. The standard InChI is InChI=1S/C7H10O6/c1-2-7(11)12-5(9)3-4(8)6(10)13-7/h4,8,11H,2-3H2,1H3. The Hall–Kier alpha value is -1.14. The predicted octanol–water partition coefficient (Wildman–Crippen LogP) is -1.11. The van der Waals surface area contributed by atoms with Crippen molar-refractivity contribution in [2.75, 3.05) is 0 Å². The number of hydrogen-bond donors (Lipinski definition) is 2. The minimum absolute atomic E-state index is 0.0861. The fraction of sp³-hybridized carbons (Fsp3) is 0.714. The second kappa shape index (κ2) is 3.31. The van der Waals surface area contributed by atoms with Gasteiger partial charge in [0, 0.05) is 0 Å². The second-order valence-electron chi connectivity index (χ2n) is 2.68. The number of cyclic esters (lactones) is 2. The van der Waals surface area contributed by atoms with E-state index in [-0.39, 0.29) is 6.42 Å². The summed E-state index contributed by atoms with van der Waals surface area (Å²) in [6, 6.07) is 0. The molecular weight excluding hydrogens is 180 g/mol. The lowest BCUT2D eigenvalue weighted by molar-refractivity contribution is -0.322. The van der Waals surface area contributed by atoms with Crippen molar-refractivity contribution in [3.8, 4) is 0 Å². The van der Waals surface area contributed by atoms with Crippen LogP contribution in [0, 0.1) is 0 Å². The van der Waals surface area contributed by atoms with E-state index in [1.165, 1.54) is 6.92 Å². The van der Waals surface area contributed by atoms with Crippen LogP contribution in [0.2, 0.25) is 0 Å². The average Bonchev–Trinajstić information content (AvgIpc) is 2.11. The molecule has 0 amide bonds. The van der Waals surface area contributed by atoms with Crippen molar-refractivity contribution in [3.63, 3.8) is 0 Å². The number of ether oxygens (including phenoxy) is 2. The number of rotatable bonds is 1. The molecule has 0 aromatic carbocycles. The van der Waals surface area contributed by atoms with Gasteiger partial charge in [-0.2, -0.15) is 0 Å². The molecule has 1 rings (SSSR count). The summed E-state index contributed by atoms with van der Waals surface area (Å²) in [5, 5.41) is 18.3. The van der Waals surface area contributed by atoms with Crippen LogP contribution >= 0.6 is 0 Å². The van der Waals surface area contributed by atoms with Crippen LogP contribution in [0.3, 0.4) is 0 Å². The number of esters is 2. The summed E-state index contributed by atoms with van der Waals surface area (Å²) in [6.45, 7) is 1.47. The maximum absolute atomic E-state index is 10.9. The average molecular weight is 190 g/mol. The van der Waals surface area contributed by atoms with Crippen LogP contribution in [0.1, 0.15) is 19.8 Å². The zero-order valence-electron chi connectivity index (χ0n) is 7.02. The third kappa shape index (κ3) is 2.16. The van der Waals surface area contributed by atoms with E-state index < -0.39 is 30.4 Å². The van der Waals surface area contributed by atoms with Gasteiger partial charge in [-0.3, -0.25) is 4.79 Å². The lowest BCUT2D eigenvalue weighted by Crippen LogP contribution is -2.37. The molecule has 1 aliphatic heterocycles. The monoisotopic (exact) mass is 190 g/mol. The predicted molar refractivity (Wildman–Crippen MR) is 38.0 cm³/mol. The summed E-state index contributed by atoms with van der Waals surface area (Å²) in [4.78, 5) is 21.7. The van der Waals surface area contributed by atoms with Gasteiger partial charge in [-0.15, -0.1) is 0 Å². The van der Waals surface area contributed by atoms with Gasteiger partial charge in [0.25, 0.3) is 0 Å². The van der Waals surface area contributed by atoms with E-state index in [0.29, 0.717) is 0 Å². The number of aliphatic hydroxyl groups excluding tert-OH is 1. The van der Waals surface area contributed by atoms with E-state index in [1.807, 2.05) is 0 Å². The van der Waals surface area contributed by atoms with Gasteiger partial charge in [0.1, 0.15) is 0 Å². The summed E-state index contributed by atoms with van der Waals surface area (Å²) in [5.74, 6) is -4.16. The van der Waals surface area contributed by atoms with Crippen LogP contribution < -0.4 is 0 Å². The second-order valence-corrected chi connectivity index (χ2v) is 2.68. The molecule has 13 heavy (non-hydrogen) atoms. The number of hydrogen-bond acceptors (Lipinski definition) is 6. The Morgan fingerprint density at radius 3 is 2.69 bits per heavy atom. The quantitative estimate of drug-likeness (QED) is 0.509. The van der Waals surface area contributed by atoms with Gasteiger partial charge in [0.15, 0.2) is 6.10 Å². The lowest BCUT2D eigenvalue weighted by atomic mass is 10.3. The van der Waals surface area contributed by atoms with E-state index in [1.54, 1.807) is 0 Å². The normalized spacial score (nSPS) is 34.8. The molecule has 0 bridgehead atoms. The van der Waals surface area contributed by atoms with Gasteiger partial charge >= 0.3 is 17.9 Å². The Morgan fingerprint density at radius 2 is 2.15 bits per heavy atom. The van der Waals surface area contributed by atoms with Gasteiger partial charge in [0.2, 0.25) is 0 Å². The van der Waals surface area contributed by atoms with Crippen LogP contribution in [-0.2, 0) is 19.1 Å². The van der Waals surface area contributed by atoms with Crippen molar-refractivity contribution in [1.82, 2.24) is 0 Å². The summed E-state index contributed by atoms with van der Waals surface area (Å²) in [6.07, 6.45) is -2.15. The van der Waals surface area contributed by atoms with E-state index in [2.05, 4.69) is 9.47 Å². The van der Waals surface area contributed by atoms with Crippen molar-refractivity contribution >= 4 is 11.9 Å². The minimum atomic E-state index is -2.23. The summed E-state index contributed by atoms with van der Waals surface area (Å²) in [5.41, 5.74) is 0. The maximum Gasteiger partial charge on any atom is 0.373 e. The molecule has 0 aromatic heterocycles. The minimum Gasteiger partial charge on any atom is -0.398 e. The topological polar surface area (TPSA) is 93.1 Å². The molecule has 6 heteroatoms. The van der Waals surface area contributed by atoms with E-state index in [4.69, 9.17) is 5.11 Å². The van der Waals surface area contributed by atoms with Gasteiger partial charge in [-0.25, -0.2) is 4.79 Å². The molecule has 0 radical (unpaired) electrons. The molecule has 1 saturated heterocycles. The summed E-state index contributed by atoms with van der Waals surface area (Å²) in [7, 11) is 0. The molecule has 1 fully saturated rings. The van der Waals surface area contributed by atoms with Crippen LogP contribution in [0.4, 0.5) is 0 Å². The van der Waals surface area contributed by atoms with Crippen LogP contribution in [0.5, 0.6) is 0 Å². The zero-order valence-corrected chi connectivity index (χ0v) is 7.02. The molecule has 1 aliphatic rings. The molecule has 2 unspecified atom stereocenters. The van der Waals surface area contributed by atoms with Crippen LogP contribution in [0.15, 0.2) is 0 Å². The van der Waals surface area contributed by atoms with Gasteiger partial charge < -0.3 is 19.7 Å². The number of aliphatic hydroxyl groups is 2. The SMILES string of the molecule is CCC1(O)OC(=O)CC(O)C(=O)O1. The molecular formula is C7H10O6. The number of carbonyl (C=O) groups excluding carboxylic acids is 2. The van der Waals surface area contributed by atoms with E-state index in [9.17, 15) is 14.7 Å². The van der Waals surface area contributed by atoms with Gasteiger partial charge in [0.05, 0.1) is 12.8 Å². The molecule has 74 valence electrons. The first-order valence-corrected chi connectivity index (χ1v) is 3.82. The Kier molecular flexibility index (Phi) is 2.53. The molecule has 0 saturated carbocycles. The molecule has 0 spiro atoms.